The summed E-state index contributed by atoms with van der Waals surface area (Å²) in [7, 11) is 0. The third-order valence-electron chi connectivity index (χ3n) is 5.10. The van der Waals surface area contributed by atoms with E-state index in [1.54, 1.807) is 0 Å². The van der Waals surface area contributed by atoms with Crippen molar-refractivity contribution in [2.24, 2.45) is 11.7 Å². The standard InChI is InChI=1S/C25H48N4O10/c1-3-21(4-2)22(30)17-38-18-23(31)27-6-11-36-15-16-37-12-8-29-25(33)20-39-19-24(32)28-7-10-35-14-13-34-9-5-26/h21H,3-20,26H2,1-2H3,(H,27,31)(H,28,32)(H,29,33). The van der Waals surface area contributed by atoms with E-state index < -0.39 is 0 Å². The zero-order valence-corrected chi connectivity index (χ0v) is 23.5. The van der Waals surface area contributed by atoms with Gasteiger partial charge in [-0.25, -0.2) is 0 Å². The summed E-state index contributed by atoms with van der Waals surface area (Å²) in [5.74, 6) is -1.01. The molecule has 5 N–H and O–H groups in total. The molecule has 0 bridgehead atoms. The highest BCUT2D eigenvalue weighted by molar-refractivity contribution is 5.83. The molecule has 0 radical (unpaired) electrons. The lowest BCUT2D eigenvalue weighted by molar-refractivity contribution is -0.133. The molecule has 0 aromatic carbocycles. The van der Waals surface area contributed by atoms with Crippen LogP contribution in [0.25, 0.3) is 0 Å². The van der Waals surface area contributed by atoms with Gasteiger partial charge in [-0.3, -0.25) is 19.2 Å². The third-order valence-corrected chi connectivity index (χ3v) is 5.10. The van der Waals surface area contributed by atoms with Gasteiger partial charge in [0, 0.05) is 32.1 Å². The van der Waals surface area contributed by atoms with Gasteiger partial charge in [-0.15, -0.1) is 0 Å². The first-order valence-electron chi connectivity index (χ1n) is 13.4. The molecule has 0 unspecified atom stereocenters. The molecule has 0 rings (SSSR count). The van der Waals surface area contributed by atoms with E-state index in [4.69, 9.17) is 34.2 Å². The largest absolute Gasteiger partial charge is 0.378 e. The number of carbonyl (C=O) groups is 4. The van der Waals surface area contributed by atoms with Crippen molar-refractivity contribution >= 4 is 23.5 Å². The molecular formula is C25H48N4O10. The number of rotatable bonds is 28. The first kappa shape index (κ1) is 36.8. The zero-order valence-electron chi connectivity index (χ0n) is 23.5. The molecule has 0 aliphatic carbocycles. The number of nitrogens with two attached hydrogens (primary N) is 1. The maximum atomic E-state index is 11.8. The number of hydrogen-bond donors (Lipinski definition) is 4. The molecule has 0 saturated heterocycles. The number of ether oxygens (including phenoxy) is 6. The van der Waals surface area contributed by atoms with Crippen LogP contribution in [0.5, 0.6) is 0 Å². The molecule has 0 heterocycles. The SMILES string of the molecule is CCC(CC)C(=O)COCC(=O)NCCOCCOCCNC(=O)COCC(=O)NCCOCCOCCN. The van der Waals surface area contributed by atoms with Crippen molar-refractivity contribution in [2.75, 3.05) is 105 Å². The van der Waals surface area contributed by atoms with E-state index in [-0.39, 0.29) is 69.0 Å². The van der Waals surface area contributed by atoms with Crippen molar-refractivity contribution in [3.63, 3.8) is 0 Å². The molecule has 0 aromatic heterocycles. The van der Waals surface area contributed by atoms with Crippen LogP contribution in [0.1, 0.15) is 26.7 Å². The molecule has 14 nitrogen and oxygen atoms in total. The lowest BCUT2D eigenvalue weighted by atomic mass is 9.99. The highest BCUT2D eigenvalue weighted by Gasteiger charge is 2.14. The van der Waals surface area contributed by atoms with E-state index in [2.05, 4.69) is 16.0 Å². The number of hydrogen-bond acceptors (Lipinski definition) is 11. The van der Waals surface area contributed by atoms with Crippen LogP contribution >= 0.6 is 0 Å². The van der Waals surface area contributed by atoms with E-state index >= 15 is 0 Å². The minimum atomic E-state index is -0.358. The molecule has 39 heavy (non-hydrogen) atoms. The molecule has 0 spiro atoms. The Bertz CT molecular complexity index is 650. The molecule has 0 saturated carbocycles. The Hall–Kier alpha value is -2.20. The van der Waals surface area contributed by atoms with Crippen LogP contribution in [0.3, 0.4) is 0 Å². The average molecular weight is 565 g/mol. The topological polar surface area (TPSA) is 186 Å². The maximum absolute atomic E-state index is 11.8. The number of ketones is 1. The molecule has 3 amide bonds. The Balaban J connectivity index is 3.44. The number of nitrogens with one attached hydrogen (secondary N) is 3. The monoisotopic (exact) mass is 564 g/mol. The second-order valence-electron chi connectivity index (χ2n) is 8.25. The Morgan fingerprint density at radius 1 is 0.538 bits per heavy atom. The van der Waals surface area contributed by atoms with Gasteiger partial charge in [-0.2, -0.15) is 0 Å². The van der Waals surface area contributed by atoms with Crippen molar-refractivity contribution in [3.05, 3.63) is 0 Å². The number of amides is 3. The smallest absolute Gasteiger partial charge is 0.246 e. The number of carbonyl (C=O) groups excluding carboxylic acids is 4. The fraction of sp³-hybridized carbons (Fsp3) is 0.840. The van der Waals surface area contributed by atoms with Gasteiger partial charge in [0.1, 0.15) is 26.4 Å². The van der Waals surface area contributed by atoms with Crippen LogP contribution < -0.4 is 21.7 Å². The highest BCUT2D eigenvalue weighted by atomic mass is 16.5. The lowest BCUT2D eigenvalue weighted by Gasteiger charge is -2.11. The van der Waals surface area contributed by atoms with Crippen molar-refractivity contribution in [2.45, 2.75) is 26.7 Å². The quantitative estimate of drug-likeness (QED) is 0.0802. The highest BCUT2D eigenvalue weighted by Crippen LogP contribution is 2.08. The van der Waals surface area contributed by atoms with Gasteiger partial charge in [0.05, 0.1) is 52.9 Å². The fourth-order valence-electron chi connectivity index (χ4n) is 3.01. The molecule has 0 atom stereocenters. The molecule has 0 aromatic rings. The second-order valence-corrected chi connectivity index (χ2v) is 8.25. The number of Topliss-reactive ketones (excluding diaryl/α,β-unsaturated/α-hetero) is 1. The summed E-state index contributed by atoms with van der Waals surface area (Å²) in [6.45, 7) is 7.57. The van der Waals surface area contributed by atoms with E-state index in [0.29, 0.717) is 65.9 Å². The van der Waals surface area contributed by atoms with E-state index in [9.17, 15) is 19.2 Å². The summed E-state index contributed by atoms with van der Waals surface area (Å²) < 4.78 is 31.4. The van der Waals surface area contributed by atoms with Crippen LogP contribution in [0, 0.1) is 5.92 Å². The van der Waals surface area contributed by atoms with Crippen LogP contribution in [0.2, 0.25) is 0 Å². The minimum Gasteiger partial charge on any atom is -0.378 e. The average Bonchev–Trinajstić information content (AvgIpc) is 2.92. The summed E-state index contributed by atoms with van der Waals surface area (Å²) in [4.78, 5) is 46.9. The van der Waals surface area contributed by atoms with Crippen molar-refractivity contribution < 1.29 is 47.6 Å². The van der Waals surface area contributed by atoms with Crippen molar-refractivity contribution in [1.29, 1.82) is 0 Å². The fourth-order valence-corrected chi connectivity index (χ4v) is 3.01. The summed E-state index contributed by atoms with van der Waals surface area (Å²) in [5, 5.41) is 7.88. The van der Waals surface area contributed by atoms with Gasteiger partial charge in [0.2, 0.25) is 17.7 Å². The molecular weight excluding hydrogens is 516 g/mol. The summed E-state index contributed by atoms with van der Waals surface area (Å²) in [5.41, 5.74) is 5.29. The molecule has 14 heteroatoms. The third kappa shape index (κ3) is 24.6. The normalized spacial score (nSPS) is 11.0. The molecule has 0 aliphatic heterocycles. The Labute approximate surface area is 231 Å². The van der Waals surface area contributed by atoms with Gasteiger partial charge in [0.15, 0.2) is 5.78 Å². The molecule has 228 valence electrons. The molecule has 0 fully saturated rings. The summed E-state index contributed by atoms with van der Waals surface area (Å²) in [6, 6.07) is 0. The first-order chi connectivity index (χ1) is 18.9. The van der Waals surface area contributed by atoms with Gasteiger partial charge in [0.25, 0.3) is 0 Å². The maximum Gasteiger partial charge on any atom is 0.246 e. The van der Waals surface area contributed by atoms with Gasteiger partial charge in [-0.05, 0) is 12.8 Å². The Morgan fingerprint density at radius 3 is 1.26 bits per heavy atom. The molecule has 0 aliphatic rings. The summed E-state index contributed by atoms with van der Waals surface area (Å²) in [6.07, 6.45) is 1.53. The van der Waals surface area contributed by atoms with Gasteiger partial charge < -0.3 is 50.1 Å². The van der Waals surface area contributed by atoms with Gasteiger partial charge >= 0.3 is 0 Å². The van der Waals surface area contributed by atoms with Gasteiger partial charge in [-0.1, -0.05) is 13.8 Å². The first-order valence-corrected chi connectivity index (χ1v) is 13.4. The Kier molecular flexibility index (Phi) is 25.8. The zero-order chi connectivity index (χ0) is 29.0. The summed E-state index contributed by atoms with van der Waals surface area (Å²) >= 11 is 0. The van der Waals surface area contributed by atoms with E-state index in [1.165, 1.54) is 0 Å². The second kappa shape index (κ2) is 27.4. The van der Waals surface area contributed by atoms with E-state index in [1.807, 2.05) is 13.8 Å². The lowest BCUT2D eigenvalue weighted by Crippen LogP contribution is -2.34. The Morgan fingerprint density at radius 2 is 0.897 bits per heavy atom. The van der Waals surface area contributed by atoms with Crippen LogP contribution in [0.15, 0.2) is 0 Å². The van der Waals surface area contributed by atoms with Crippen LogP contribution in [-0.4, -0.2) is 129 Å². The van der Waals surface area contributed by atoms with Crippen LogP contribution in [-0.2, 0) is 47.6 Å². The van der Waals surface area contributed by atoms with Crippen LogP contribution in [0.4, 0.5) is 0 Å². The predicted molar refractivity (Wildman–Crippen MR) is 142 cm³/mol. The minimum absolute atomic E-state index is 0.0172. The van der Waals surface area contributed by atoms with Crippen molar-refractivity contribution in [3.8, 4) is 0 Å². The van der Waals surface area contributed by atoms with E-state index in [0.717, 1.165) is 12.8 Å². The van der Waals surface area contributed by atoms with Crippen molar-refractivity contribution in [1.82, 2.24) is 16.0 Å². The predicted octanol–water partition coefficient (Wildman–Crippen LogP) is -1.60.